The van der Waals surface area contributed by atoms with E-state index in [-0.39, 0.29) is 5.60 Å². The Bertz CT molecular complexity index is 237. The fourth-order valence-corrected chi connectivity index (χ4v) is 3.58. The number of hydrogen-bond acceptors (Lipinski definition) is 3. The van der Waals surface area contributed by atoms with Gasteiger partial charge < -0.3 is 4.74 Å². The molecule has 1 aliphatic carbocycles. The topological polar surface area (TPSA) is 47.3 Å². The second kappa shape index (κ2) is 9.75. The Hall–Kier alpha value is -0.120. The zero-order valence-electron chi connectivity index (χ0n) is 13.9. The van der Waals surface area contributed by atoms with Crippen LogP contribution in [0.1, 0.15) is 85.0 Å². The molecule has 3 N–H and O–H groups in total. The maximum Gasteiger partial charge on any atom is 0.0848 e. The van der Waals surface area contributed by atoms with Crippen LogP contribution in [0, 0.1) is 5.92 Å². The molecular weight excluding hydrogens is 248 g/mol. The average Bonchev–Trinajstić information content (AvgIpc) is 2.46. The highest BCUT2D eigenvalue weighted by molar-refractivity contribution is 4.95. The number of nitrogens with one attached hydrogen (secondary N) is 1. The number of nitrogens with two attached hydrogens (primary N) is 1. The molecular formula is C17H36N2O. The third kappa shape index (κ3) is 5.34. The van der Waals surface area contributed by atoms with Gasteiger partial charge in [-0.2, -0.15) is 0 Å². The van der Waals surface area contributed by atoms with Crippen LogP contribution >= 0.6 is 0 Å². The van der Waals surface area contributed by atoms with Gasteiger partial charge in [-0.25, -0.2) is 0 Å². The second-order valence-corrected chi connectivity index (χ2v) is 6.60. The number of unbranched alkanes of at least 4 members (excludes halogenated alkanes) is 4. The van der Waals surface area contributed by atoms with Gasteiger partial charge in [0.2, 0.25) is 0 Å². The van der Waals surface area contributed by atoms with E-state index in [2.05, 4.69) is 26.2 Å². The lowest BCUT2D eigenvalue weighted by atomic mass is 9.74. The molecule has 1 rings (SSSR count). The molecule has 1 atom stereocenters. The molecule has 0 aromatic rings. The first-order valence-corrected chi connectivity index (χ1v) is 8.78. The lowest BCUT2D eigenvalue weighted by molar-refractivity contribution is -0.0982. The summed E-state index contributed by atoms with van der Waals surface area (Å²) in [5, 5.41) is 0. The lowest BCUT2D eigenvalue weighted by Gasteiger charge is -2.44. The van der Waals surface area contributed by atoms with Gasteiger partial charge in [0.05, 0.1) is 11.6 Å². The third-order valence-corrected chi connectivity index (χ3v) is 4.99. The zero-order chi connectivity index (χ0) is 14.8. The van der Waals surface area contributed by atoms with E-state index in [4.69, 9.17) is 10.6 Å². The highest BCUT2D eigenvalue weighted by atomic mass is 16.5. The second-order valence-electron chi connectivity index (χ2n) is 6.60. The van der Waals surface area contributed by atoms with E-state index < -0.39 is 0 Å². The molecule has 0 aromatic heterocycles. The molecule has 0 saturated heterocycles. The van der Waals surface area contributed by atoms with Gasteiger partial charge >= 0.3 is 0 Å². The highest BCUT2D eigenvalue weighted by Gasteiger charge is 2.41. The zero-order valence-corrected chi connectivity index (χ0v) is 13.9. The van der Waals surface area contributed by atoms with Crippen molar-refractivity contribution in [1.29, 1.82) is 0 Å². The molecule has 1 aliphatic rings. The summed E-state index contributed by atoms with van der Waals surface area (Å²) in [6, 6.07) is 0.316. The van der Waals surface area contributed by atoms with Gasteiger partial charge in [-0.05, 0) is 44.9 Å². The van der Waals surface area contributed by atoms with Crippen molar-refractivity contribution in [3.8, 4) is 0 Å². The predicted molar refractivity (Wildman–Crippen MR) is 86.5 cm³/mol. The van der Waals surface area contributed by atoms with Crippen LogP contribution in [0.15, 0.2) is 0 Å². The molecule has 0 bridgehead atoms. The van der Waals surface area contributed by atoms with E-state index in [0.717, 1.165) is 31.8 Å². The summed E-state index contributed by atoms with van der Waals surface area (Å²) in [5.41, 5.74) is 3.07. The van der Waals surface area contributed by atoms with Gasteiger partial charge in [0, 0.05) is 6.61 Å². The first kappa shape index (κ1) is 17.9. The molecule has 1 unspecified atom stereocenters. The summed E-state index contributed by atoms with van der Waals surface area (Å²) in [6.45, 7) is 7.51. The minimum atomic E-state index is -0.0131. The molecule has 0 radical (unpaired) electrons. The normalized spacial score (nSPS) is 28.5. The first-order valence-electron chi connectivity index (χ1n) is 8.78. The predicted octanol–water partition coefficient (Wildman–Crippen LogP) is 4.16. The maximum absolute atomic E-state index is 6.21. The lowest BCUT2D eigenvalue weighted by Crippen LogP contribution is -2.56. The van der Waals surface area contributed by atoms with Crippen molar-refractivity contribution in [3.05, 3.63) is 0 Å². The van der Waals surface area contributed by atoms with Crippen molar-refractivity contribution < 1.29 is 4.74 Å². The van der Waals surface area contributed by atoms with Crippen LogP contribution in [-0.4, -0.2) is 18.2 Å². The number of rotatable bonds is 10. The summed E-state index contributed by atoms with van der Waals surface area (Å²) in [6.07, 6.45) is 12.6. The van der Waals surface area contributed by atoms with Gasteiger partial charge in [0.15, 0.2) is 0 Å². The summed E-state index contributed by atoms with van der Waals surface area (Å²) >= 11 is 0. The van der Waals surface area contributed by atoms with Crippen LogP contribution in [-0.2, 0) is 4.74 Å². The highest BCUT2D eigenvalue weighted by Crippen LogP contribution is 2.38. The smallest absolute Gasteiger partial charge is 0.0848 e. The maximum atomic E-state index is 6.21. The van der Waals surface area contributed by atoms with E-state index in [1.165, 1.54) is 44.9 Å². The van der Waals surface area contributed by atoms with Gasteiger partial charge in [0.25, 0.3) is 0 Å². The van der Waals surface area contributed by atoms with Crippen molar-refractivity contribution in [2.24, 2.45) is 11.8 Å². The molecule has 0 aliphatic heterocycles. The first-order chi connectivity index (χ1) is 9.68. The van der Waals surface area contributed by atoms with Crippen molar-refractivity contribution in [2.45, 2.75) is 96.6 Å². The SMILES string of the molecule is CCCCCCCC(NN)C1(OCC)CCC(C)CC1. The molecule has 1 fully saturated rings. The van der Waals surface area contributed by atoms with Crippen LogP contribution in [0.25, 0.3) is 0 Å². The van der Waals surface area contributed by atoms with Crippen LogP contribution in [0.2, 0.25) is 0 Å². The quantitative estimate of drug-likeness (QED) is 0.360. The molecule has 1 saturated carbocycles. The van der Waals surface area contributed by atoms with E-state index in [1.54, 1.807) is 0 Å². The molecule has 0 spiro atoms. The van der Waals surface area contributed by atoms with Crippen LogP contribution < -0.4 is 11.3 Å². The average molecular weight is 284 g/mol. The van der Waals surface area contributed by atoms with Crippen molar-refractivity contribution in [3.63, 3.8) is 0 Å². The van der Waals surface area contributed by atoms with Crippen molar-refractivity contribution >= 4 is 0 Å². The fourth-order valence-electron chi connectivity index (χ4n) is 3.58. The Balaban J connectivity index is 2.48. The summed E-state index contributed by atoms with van der Waals surface area (Å²) in [7, 11) is 0. The number of hydrogen-bond donors (Lipinski definition) is 2. The van der Waals surface area contributed by atoms with Crippen molar-refractivity contribution in [2.75, 3.05) is 6.61 Å². The number of ether oxygens (including phenoxy) is 1. The summed E-state index contributed by atoms with van der Waals surface area (Å²) < 4.78 is 6.21. The molecule has 20 heavy (non-hydrogen) atoms. The van der Waals surface area contributed by atoms with E-state index in [9.17, 15) is 0 Å². The van der Waals surface area contributed by atoms with Crippen LogP contribution in [0.3, 0.4) is 0 Å². The number of hydrazine groups is 1. The Morgan fingerprint density at radius 3 is 2.35 bits per heavy atom. The van der Waals surface area contributed by atoms with Crippen LogP contribution in [0.4, 0.5) is 0 Å². The van der Waals surface area contributed by atoms with Gasteiger partial charge in [-0.1, -0.05) is 46.0 Å². The van der Waals surface area contributed by atoms with Gasteiger partial charge in [-0.3, -0.25) is 11.3 Å². The Morgan fingerprint density at radius 2 is 1.80 bits per heavy atom. The molecule has 0 aromatic carbocycles. The molecule has 0 heterocycles. The molecule has 0 amide bonds. The largest absolute Gasteiger partial charge is 0.374 e. The van der Waals surface area contributed by atoms with E-state index >= 15 is 0 Å². The molecule has 120 valence electrons. The standard InChI is InChI=1S/C17H36N2O/c1-4-6-7-8-9-10-16(19-18)17(20-5-2)13-11-15(3)12-14-17/h15-16,19H,4-14,18H2,1-3H3. The van der Waals surface area contributed by atoms with Crippen LogP contribution in [0.5, 0.6) is 0 Å². The van der Waals surface area contributed by atoms with Gasteiger partial charge in [-0.15, -0.1) is 0 Å². The minimum Gasteiger partial charge on any atom is -0.374 e. The monoisotopic (exact) mass is 284 g/mol. The fraction of sp³-hybridized carbons (Fsp3) is 1.00. The Morgan fingerprint density at radius 1 is 1.15 bits per heavy atom. The molecule has 3 nitrogen and oxygen atoms in total. The van der Waals surface area contributed by atoms with E-state index in [1.807, 2.05) is 0 Å². The summed E-state index contributed by atoms with van der Waals surface area (Å²) in [5.74, 6) is 6.70. The third-order valence-electron chi connectivity index (χ3n) is 4.99. The summed E-state index contributed by atoms with van der Waals surface area (Å²) in [4.78, 5) is 0. The Labute approximate surface area is 126 Å². The minimum absolute atomic E-state index is 0.0131. The van der Waals surface area contributed by atoms with Gasteiger partial charge in [0.1, 0.15) is 0 Å². The Kier molecular flexibility index (Phi) is 8.74. The van der Waals surface area contributed by atoms with Crippen molar-refractivity contribution in [1.82, 2.24) is 5.43 Å². The molecule has 3 heteroatoms. The van der Waals surface area contributed by atoms with E-state index in [0.29, 0.717) is 6.04 Å².